The van der Waals surface area contributed by atoms with Crippen LogP contribution in [0.4, 0.5) is 11.6 Å². The molecule has 258 valence electrons. The first-order chi connectivity index (χ1) is 22.7. The second kappa shape index (κ2) is 18.8. The van der Waals surface area contributed by atoms with Crippen LogP contribution in [0.1, 0.15) is 72.3 Å². The number of nitrogens with zero attached hydrogens (tertiary/aromatic N) is 5. The zero-order chi connectivity index (χ0) is 33.6. The molecule has 1 aliphatic carbocycles. The first-order valence-electron chi connectivity index (χ1n) is 16.6. The normalized spacial score (nSPS) is 19.9. The molecule has 0 amide bonds. The highest BCUT2D eigenvalue weighted by Gasteiger charge is 2.21. The Morgan fingerprint density at radius 1 is 1.09 bits per heavy atom. The SMILES string of the molecule is CC1CNCC(C)O1.COCCC(C)Oc1nn(C2CCCCC2)cc1Nc1ncc(-c2ccc(Cl)c(O[C@@H](C)CN=CN)c2)cn1. The van der Waals surface area contributed by atoms with Crippen molar-refractivity contribution in [3.63, 3.8) is 0 Å². The Kier molecular flexibility index (Phi) is 14.5. The van der Waals surface area contributed by atoms with Crippen molar-refractivity contribution < 1.29 is 18.9 Å². The van der Waals surface area contributed by atoms with Crippen LogP contribution >= 0.6 is 11.6 Å². The molecule has 5 rings (SSSR count). The van der Waals surface area contributed by atoms with Crippen LogP contribution in [-0.4, -0.2) is 83.9 Å². The fraction of sp³-hybridized carbons (Fsp3) is 0.588. The molecule has 47 heavy (non-hydrogen) atoms. The van der Waals surface area contributed by atoms with Crippen molar-refractivity contribution >= 4 is 29.6 Å². The lowest BCUT2D eigenvalue weighted by molar-refractivity contribution is -0.0166. The molecule has 2 aromatic heterocycles. The number of aromatic nitrogens is 4. The largest absolute Gasteiger partial charge is 0.487 e. The minimum Gasteiger partial charge on any atom is -0.487 e. The van der Waals surface area contributed by atoms with Crippen LogP contribution in [0.15, 0.2) is 41.8 Å². The van der Waals surface area contributed by atoms with E-state index in [2.05, 4.69) is 39.4 Å². The molecule has 2 fully saturated rings. The van der Waals surface area contributed by atoms with Gasteiger partial charge in [-0.2, -0.15) is 0 Å². The van der Waals surface area contributed by atoms with Gasteiger partial charge in [-0.05, 0) is 58.2 Å². The van der Waals surface area contributed by atoms with Crippen molar-refractivity contribution in [1.82, 2.24) is 25.1 Å². The van der Waals surface area contributed by atoms with Crippen LogP contribution in [0.25, 0.3) is 11.1 Å². The smallest absolute Gasteiger partial charge is 0.257 e. The van der Waals surface area contributed by atoms with Gasteiger partial charge in [0.1, 0.15) is 17.5 Å². The van der Waals surface area contributed by atoms with Gasteiger partial charge in [-0.1, -0.05) is 36.9 Å². The highest BCUT2D eigenvalue weighted by atomic mass is 35.5. The van der Waals surface area contributed by atoms with Gasteiger partial charge >= 0.3 is 0 Å². The Hall–Kier alpha value is -3.45. The topological polar surface area (TPSA) is 143 Å². The maximum atomic E-state index is 6.36. The van der Waals surface area contributed by atoms with Gasteiger partial charge in [0.2, 0.25) is 5.95 Å². The second-order valence-corrected chi connectivity index (χ2v) is 12.7. The van der Waals surface area contributed by atoms with E-state index in [1.165, 1.54) is 25.6 Å². The van der Waals surface area contributed by atoms with Crippen LogP contribution in [0.5, 0.6) is 11.6 Å². The van der Waals surface area contributed by atoms with Crippen LogP contribution in [-0.2, 0) is 9.47 Å². The molecule has 13 heteroatoms. The summed E-state index contributed by atoms with van der Waals surface area (Å²) in [5.41, 5.74) is 7.80. The quantitative estimate of drug-likeness (QED) is 0.142. The molecule has 1 aliphatic heterocycles. The van der Waals surface area contributed by atoms with Gasteiger partial charge in [-0.25, -0.2) is 9.97 Å². The Morgan fingerprint density at radius 2 is 1.81 bits per heavy atom. The van der Waals surface area contributed by atoms with Gasteiger partial charge in [0, 0.05) is 51.2 Å². The molecule has 12 nitrogen and oxygen atoms in total. The van der Waals surface area contributed by atoms with Crippen molar-refractivity contribution in [2.45, 2.75) is 96.7 Å². The molecule has 3 aromatic rings. The first-order valence-corrected chi connectivity index (χ1v) is 17.0. The Labute approximate surface area is 283 Å². The summed E-state index contributed by atoms with van der Waals surface area (Å²) in [4.78, 5) is 13.1. The van der Waals surface area contributed by atoms with Crippen molar-refractivity contribution in [3.05, 3.63) is 41.8 Å². The van der Waals surface area contributed by atoms with Gasteiger partial charge in [0.15, 0.2) is 0 Å². The summed E-state index contributed by atoms with van der Waals surface area (Å²) in [6.45, 7) is 11.2. The number of nitrogens with two attached hydrogens (primary N) is 1. The number of ether oxygens (including phenoxy) is 4. The van der Waals surface area contributed by atoms with Crippen molar-refractivity contribution in [2.24, 2.45) is 10.7 Å². The zero-order valence-corrected chi connectivity index (χ0v) is 29.1. The number of anilines is 2. The molecule has 4 atom stereocenters. The van der Waals surface area contributed by atoms with Gasteiger partial charge in [-0.15, -0.1) is 5.10 Å². The van der Waals surface area contributed by atoms with E-state index in [-0.39, 0.29) is 12.2 Å². The van der Waals surface area contributed by atoms with Crippen LogP contribution < -0.4 is 25.8 Å². The number of benzene rings is 1. The van der Waals surface area contributed by atoms with E-state index in [9.17, 15) is 0 Å². The highest BCUT2D eigenvalue weighted by molar-refractivity contribution is 6.32. The summed E-state index contributed by atoms with van der Waals surface area (Å²) in [5.74, 6) is 1.56. The lowest BCUT2D eigenvalue weighted by atomic mass is 9.96. The fourth-order valence-electron chi connectivity index (χ4n) is 5.50. The van der Waals surface area contributed by atoms with Crippen LogP contribution in [0.2, 0.25) is 5.02 Å². The average Bonchev–Trinajstić information content (AvgIpc) is 3.46. The summed E-state index contributed by atoms with van der Waals surface area (Å²) in [5, 5.41) is 11.9. The Morgan fingerprint density at radius 3 is 2.45 bits per heavy atom. The maximum absolute atomic E-state index is 6.36. The summed E-state index contributed by atoms with van der Waals surface area (Å²) in [6.07, 6.45) is 14.1. The van der Waals surface area contributed by atoms with E-state index >= 15 is 0 Å². The molecule has 3 unspecified atom stereocenters. The number of morpholine rings is 1. The average molecular weight is 671 g/mol. The number of hydrogen-bond acceptors (Lipinski definition) is 10. The van der Waals surface area contributed by atoms with E-state index in [1.54, 1.807) is 25.6 Å². The molecule has 1 aromatic carbocycles. The van der Waals surface area contributed by atoms with Gasteiger partial charge < -0.3 is 35.3 Å². The molecular formula is C34H51ClN8O4. The molecule has 1 saturated heterocycles. The van der Waals surface area contributed by atoms with E-state index in [4.69, 9.17) is 41.4 Å². The highest BCUT2D eigenvalue weighted by Crippen LogP contribution is 2.34. The summed E-state index contributed by atoms with van der Waals surface area (Å²) in [6, 6.07) is 5.95. The lowest BCUT2D eigenvalue weighted by Gasteiger charge is -2.25. The summed E-state index contributed by atoms with van der Waals surface area (Å²) in [7, 11) is 1.69. The lowest BCUT2D eigenvalue weighted by Crippen LogP contribution is -2.41. The number of rotatable bonds is 13. The second-order valence-electron chi connectivity index (χ2n) is 12.3. The Bertz CT molecular complexity index is 1370. The van der Waals surface area contributed by atoms with E-state index in [1.807, 2.05) is 36.9 Å². The molecule has 2 aliphatic rings. The third-order valence-corrected chi connectivity index (χ3v) is 8.29. The maximum Gasteiger partial charge on any atom is 0.257 e. The van der Waals surface area contributed by atoms with Crippen molar-refractivity contribution in [2.75, 3.05) is 38.7 Å². The molecule has 0 radical (unpaired) electrons. The van der Waals surface area contributed by atoms with E-state index in [0.29, 0.717) is 54.0 Å². The molecule has 4 N–H and O–H groups in total. The molecule has 0 bridgehead atoms. The third kappa shape index (κ3) is 11.6. The number of nitrogens with one attached hydrogen (secondary N) is 2. The predicted molar refractivity (Wildman–Crippen MR) is 187 cm³/mol. The predicted octanol–water partition coefficient (Wildman–Crippen LogP) is 6.18. The minimum atomic E-state index is -0.177. The van der Waals surface area contributed by atoms with Gasteiger partial charge in [-0.3, -0.25) is 9.67 Å². The zero-order valence-electron chi connectivity index (χ0n) is 28.3. The first kappa shape index (κ1) is 36.4. The van der Waals surface area contributed by atoms with E-state index in [0.717, 1.165) is 49.2 Å². The molecule has 3 heterocycles. The van der Waals surface area contributed by atoms with Crippen LogP contribution in [0.3, 0.4) is 0 Å². The number of methoxy groups -OCH3 is 1. The van der Waals surface area contributed by atoms with Crippen molar-refractivity contribution in [1.29, 1.82) is 0 Å². The Balaban J connectivity index is 0.000000546. The molecular weight excluding hydrogens is 620 g/mol. The minimum absolute atomic E-state index is 0.0466. The number of aliphatic imine (C=N–C) groups is 1. The third-order valence-electron chi connectivity index (χ3n) is 7.98. The summed E-state index contributed by atoms with van der Waals surface area (Å²) >= 11 is 6.36. The molecule has 1 saturated carbocycles. The summed E-state index contributed by atoms with van der Waals surface area (Å²) < 4.78 is 24.8. The van der Waals surface area contributed by atoms with Crippen molar-refractivity contribution in [3.8, 4) is 22.8 Å². The van der Waals surface area contributed by atoms with Crippen LogP contribution in [0, 0.1) is 0 Å². The van der Waals surface area contributed by atoms with Gasteiger partial charge in [0.25, 0.3) is 5.88 Å². The monoisotopic (exact) mass is 670 g/mol. The number of hydrogen-bond donors (Lipinski definition) is 3. The standard InChI is InChI=1S/C28H38ClN7O3.C6H13NO/c1-19(11-12-37-3)39-27-25(17-36(35-27)23-7-5-4-6-8-23)34-28-32-15-22(16-33-28)21-9-10-24(29)26(13-21)38-20(2)14-31-18-30;1-5-3-7-4-6(2)8-5/h9-10,13,15-20,23H,4-8,11-12,14H2,1-3H3,(H2,30,31)(H,32,33,34);5-7H,3-4H2,1-2H3/t19?,20-;/m0./s1. The van der Waals surface area contributed by atoms with Gasteiger partial charge in [0.05, 0.1) is 48.5 Å². The number of halogens is 1. The van der Waals surface area contributed by atoms with E-state index < -0.39 is 0 Å². The molecule has 0 spiro atoms. The fourth-order valence-corrected chi connectivity index (χ4v) is 5.66.